The number of rotatable bonds is 9. The standard InChI is InChI=1S/C24H24O3S/c1-2-26-24(25)20-14-12-19(13-15-20)23-11-7-6-8-21(23)18-28-17-16-27-22-9-4-3-5-10-22/h3-15H,2,16-18H2,1H3. The number of ether oxygens (including phenoxy) is 2. The summed E-state index contributed by atoms with van der Waals surface area (Å²) < 4.78 is 10.8. The van der Waals surface area contributed by atoms with Crippen LogP contribution in [0.15, 0.2) is 78.9 Å². The Balaban J connectivity index is 1.57. The molecule has 0 atom stereocenters. The van der Waals surface area contributed by atoms with E-state index in [9.17, 15) is 4.79 Å². The maximum Gasteiger partial charge on any atom is 0.338 e. The van der Waals surface area contributed by atoms with Crippen LogP contribution in [0.4, 0.5) is 0 Å². The Morgan fingerprint density at radius 2 is 1.61 bits per heavy atom. The second kappa shape index (κ2) is 10.6. The molecule has 3 aromatic carbocycles. The van der Waals surface area contributed by atoms with Crippen molar-refractivity contribution in [2.24, 2.45) is 0 Å². The molecule has 0 aliphatic rings. The third-order valence-electron chi connectivity index (χ3n) is 4.22. The van der Waals surface area contributed by atoms with E-state index in [1.807, 2.05) is 79.3 Å². The van der Waals surface area contributed by atoms with E-state index in [0.29, 0.717) is 18.8 Å². The van der Waals surface area contributed by atoms with Crippen LogP contribution in [-0.2, 0) is 10.5 Å². The highest BCUT2D eigenvalue weighted by Gasteiger charge is 2.09. The summed E-state index contributed by atoms with van der Waals surface area (Å²) in [7, 11) is 0. The van der Waals surface area contributed by atoms with E-state index in [-0.39, 0.29) is 5.97 Å². The van der Waals surface area contributed by atoms with Gasteiger partial charge in [-0.15, -0.1) is 0 Å². The first-order valence-electron chi connectivity index (χ1n) is 9.39. The number of hydrogen-bond acceptors (Lipinski definition) is 4. The quantitative estimate of drug-likeness (QED) is 0.338. The zero-order valence-corrected chi connectivity index (χ0v) is 16.8. The average Bonchev–Trinajstić information content (AvgIpc) is 2.75. The zero-order chi connectivity index (χ0) is 19.6. The van der Waals surface area contributed by atoms with E-state index in [1.165, 1.54) is 11.1 Å². The molecule has 0 heterocycles. The summed E-state index contributed by atoms with van der Waals surface area (Å²) in [6.45, 7) is 2.88. The Hall–Kier alpha value is -2.72. The normalized spacial score (nSPS) is 10.5. The summed E-state index contributed by atoms with van der Waals surface area (Å²) in [4.78, 5) is 11.8. The fraction of sp³-hybridized carbons (Fsp3) is 0.208. The molecule has 0 aliphatic heterocycles. The number of benzene rings is 3. The molecule has 0 saturated carbocycles. The summed E-state index contributed by atoms with van der Waals surface area (Å²) in [5.74, 6) is 2.46. The van der Waals surface area contributed by atoms with Crippen molar-refractivity contribution >= 4 is 17.7 Å². The minimum absolute atomic E-state index is 0.281. The van der Waals surface area contributed by atoms with Gasteiger partial charge in [-0.2, -0.15) is 11.8 Å². The van der Waals surface area contributed by atoms with Gasteiger partial charge in [-0.1, -0.05) is 54.6 Å². The molecule has 0 amide bonds. The third kappa shape index (κ3) is 5.64. The molecular weight excluding hydrogens is 368 g/mol. The lowest BCUT2D eigenvalue weighted by atomic mass is 9.99. The van der Waals surface area contributed by atoms with Crippen molar-refractivity contribution in [3.05, 3.63) is 90.0 Å². The highest BCUT2D eigenvalue weighted by molar-refractivity contribution is 7.98. The maximum atomic E-state index is 11.8. The fourth-order valence-electron chi connectivity index (χ4n) is 2.85. The average molecular weight is 393 g/mol. The van der Waals surface area contributed by atoms with Crippen molar-refractivity contribution in [3.63, 3.8) is 0 Å². The first kappa shape index (κ1) is 20.0. The van der Waals surface area contributed by atoms with Gasteiger partial charge in [-0.25, -0.2) is 4.79 Å². The summed E-state index contributed by atoms with van der Waals surface area (Å²) in [5.41, 5.74) is 4.14. The van der Waals surface area contributed by atoms with Crippen molar-refractivity contribution in [2.75, 3.05) is 19.0 Å². The number of carbonyl (C=O) groups excluding carboxylic acids is 1. The molecule has 3 aromatic rings. The molecule has 3 nitrogen and oxygen atoms in total. The van der Waals surface area contributed by atoms with Crippen molar-refractivity contribution in [2.45, 2.75) is 12.7 Å². The van der Waals surface area contributed by atoms with Crippen LogP contribution in [0.25, 0.3) is 11.1 Å². The molecule has 0 fully saturated rings. The van der Waals surface area contributed by atoms with Gasteiger partial charge in [-0.05, 0) is 47.9 Å². The van der Waals surface area contributed by atoms with Crippen LogP contribution < -0.4 is 4.74 Å². The van der Waals surface area contributed by atoms with E-state index in [2.05, 4.69) is 18.2 Å². The van der Waals surface area contributed by atoms with E-state index >= 15 is 0 Å². The monoisotopic (exact) mass is 392 g/mol. The zero-order valence-electron chi connectivity index (χ0n) is 16.0. The lowest BCUT2D eigenvalue weighted by molar-refractivity contribution is 0.0526. The maximum absolute atomic E-state index is 11.8. The lowest BCUT2D eigenvalue weighted by Gasteiger charge is -2.11. The summed E-state index contributed by atoms with van der Waals surface area (Å²) in [6, 6.07) is 25.9. The van der Waals surface area contributed by atoms with Crippen molar-refractivity contribution in [3.8, 4) is 16.9 Å². The largest absolute Gasteiger partial charge is 0.493 e. The molecular formula is C24H24O3S. The Morgan fingerprint density at radius 3 is 2.36 bits per heavy atom. The lowest BCUT2D eigenvalue weighted by Crippen LogP contribution is -2.04. The van der Waals surface area contributed by atoms with Crippen molar-refractivity contribution in [1.29, 1.82) is 0 Å². The van der Waals surface area contributed by atoms with Gasteiger partial charge in [0.05, 0.1) is 18.8 Å². The number of para-hydroxylation sites is 1. The molecule has 0 aliphatic carbocycles. The predicted molar refractivity (Wildman–Crippen MR) is 116 cm³/mol. The van der Waals surface area contributed by atoms with Crippen LogP contribution in [0.1, 0.15) is 22.8 Å². The van der Waals surface area contributed by atoms with E-state index < -0.39 is 0 Å². The Morgan fingerprint density at radius 1 is 0.893 bits per heavy atom. The van der Waals surface area contributed by atoms with Crippen LogP contribution in [0.2, 0.25) is 0 Å². The Kier molecular flexibility index (Phi) is 7.56. The summed E-state index contributed by atoms with van der Waals surface area (Å²) >= 11 is 1.85. The molecule has 28 heavy (non-hydrogen) atoms. The molecule has 0 aromatic heterocycles. The molecule has 0 bridgehead atoms. The fourth-order valence-corrected chi connectivity index (χ4v) is 3.66. The van der Waals surface area contributed by atoms with Gasteiger partial charge in [0, 0.05) is 11.5 Å². The van der Waals surface area contributed by atoms with Crippen LogP contribution in [0.5, 0.6) is 5.75 Å². The number of esters is 1. The molecule has 0 spiro atoms. The third-order valence-corrected chi connectivity index (χ3v) is 5.19. The molecule has 0 unspecified atom stereocenters. The molecule has 0 saturated heterocycles. The number of carbonyl (C=O) groups is 1. The molecule has 3 rings (SSSR count). The van der Waals surface area contributed by atoms with Gasteiger partial charge >= 0.3 is 5.97 Å². The summed E-state index contributed by atoms with van der Waals surface area (Å²) in [6.07, 6.45) is 0. The van der Waals surface area contributed by atoms with Crippen LogP contribution in [0, 0.1) is 0 Å². The molecule has 4 heteroatoms. The topological polar surface area (TPSA) is 35.5 Å². The molecule has 0 radical (unpaired) electrons. The first-order chi connectivity index (χ1) is 13.8. The molecule has 0 N–H and O–H groups in total. The van der Waals surface area contributed by atoms with Gasteiger partial charge in [0.2, 0.25) is 0 Å². The summed E-state index contributed by atoms with van der Waals surface area (Å²) in [5, 5.41) is 0. The second-order valence-electron chi connectivity index (χ2n) is 6.17. The first-order valence-corrected chi connectivity index (χ1v) is 10.5. The minimum Gasteiger partial charge on any atom is -0.493 e. The number of thioether (sulfide) groups is 1. The van der Waals surface area contributed by atoms with Gasteiger partial charge < -0.3 is 9.47 Å². The Labute approximate surface area is 170 Å². The van der Waals surface area contributed by atoms with Crippen LogP contribution in [0.3, 0.4) is 0 Å². The van der Waals surface area contributed by atoms with Gasteiger partial charge in [-0.3, -0.25) is 0 Å². The minimum atomic E-state index is -0.281. The van der Waals surface area contributed by atoms with E-state index in [1.54, 1.807) is 0 Å². The van der Waals surface area contributed by atoms with Gasteiger partial charge in [0.1, 0.15) is 5.75 Å². The van der Waals surface area contributed by atoms with E-state index in [0.717, 1.165) is 22.8 Å². The Bertz CT molecular complexity index is 876. The van der Waals surface area contributed by atoms with Gasteiger partial charge in [0.25, 0.3) is 0 Å². The van der Waals surface area contributed by atoms with Crippen LogP contribution >= 0.6 is 11.8 Å². The van der Waals surface area contributed by atoms with Crippen molar-refractivity contribution < 1.29 is 14.3 Å². The smallest absolute Gasteiger partial charge is 0.338 e. The molecule has 144 valence electrons. The van der Waals surface area contributed by atoms with Crippen molar-refractivity contribution in [1.82, 2.24) is 0 Å². The van der Waals surface area contributed by atoms with Gasteiger partial charge in [0.15, 0.2) is 0 Å². The number of hydrogen-bond donors (Lipinski definition) is 0. The predicted octanol–water partition coefficient (Wildman–Crippen LogP) is 5.84. The second-order valence-corrected chi connectivity index (χ2v) is 7.27. The highest BCUT2D eigenvalue weighted by atomic mass is 32.2. The van der Waals surface area contributed by atoms with E-state index in [4.69, 9.17) is 9.47 Å². The SMILES string of the molecule is CCOC(=O)c1ccc(-c2ccccc2CSCCOc2ccccc2)cc1. The highest BCUT2D eigenvalue weighted by Crippen LogP contribution is 2.27. The van der Waals surface area contributed by atoms with Crippen LogP contribution in [-0.4, -0.2) is 24.9 Å².